The largest absolute Gasteiger partial charge is 0.393 e. The topological polar surface area (TPSA) is 49.5 Å². The van der Waals surface area contributed by atoms with Gasteiger partial charge < -0.3 is 15.7 Å². The summed E-state index contributed by atoms with van der Waals surface area (Å²) in [6.07, 6.45) is 8.83. The Kier molecular flexibility index (Phi) is 3.92. The first-order chi connectivity index (χ1) is 8.74. The van der Waals surface area contributed by atoms with Crippen LogP contribution in [0.3, 0.4) is 0 Å². The normalized spacial score (nSPS) is 46.0. The Hall–Kier alpha value is -0.120. The van der Waals surface area contributed by atoms with Crippen LogP contribution in [0.4, 0.5) is 0 Å². The summed E-state index contributed by atoms with van der Waals surface area (Å²) in [5, 5.41) is 9.97. The highest BCUT2D eigenvalue weighted by Crippen LogP contribution is 2.38. The van der Waals surface area contributed by atoms with Crippen molar-refractivity contribution in [3.8, 4) is 0 Å². The first-order valence-corrected chi connectivity index (χ1v) is 7.90. The van der Waals surface area contributed by atoms with Crippen LogP contribution in [-0.4, -0.2) is 41.8 Å². The predicted molar refractivity (Wildman–Crippen MR) is 73.2 cm³/mol. The van der Waals surface area contributed by atoms with Crippen molar-refractivity contribution in [2.75, 3.05) is 19.6 Å². The fourth-order valence-electron chi connectivity index (χ4n) is 4.45. The number of hydrogen-bond acceptors (Lipinski definition) is 3. The summed E-state index contributed by atoms with van der Waals surface area (Å²) in [7, 11) is 0. The molecule has 3 N–H and O–H groups in total. The van der Waals surface area contributed by atoms with E-state index in [2.05, 4.69) is 4.90 Å². The number of nitrogens with two attached hydrogens (primary N) is 1. The van der Waals surface area contributed by atoms with Gasteiger partial charge in [0, 0.05) is 31.6 Å². The summed E-state index contributed by atoms with van der Waals surface area (Å²) in [6, 6.07) is 0.415. The Labute approximate surface area is 111 Å². The second kappa shape index (κ2) is 5.48. The molecule has 5 unspecified atom stereocenters. The van der Waals surface area contributed by atoms with Crippen LogP contribution in [0.2, 0.25) is 0 Å². The molecule has 5 atom stereocenters. The highest BCUT2D eigenvalue weighted by Gasteiger charge is 2.42. The third-order valence-corrected chi connectivity index (χ3v) is 5.61. The van der Waals surface area contributed by atoms with E-state index in [9.17, 15) is 5.11 Å². The molecule has 2 aliphatic carbocycles. The Bertz CT molecular complexity index is 284. The third kappa shape index (κ3) is 2.59. The molecule has 3 fully saturated rings. The van der Waals surface area contributed by atoms with E-state index in [0.717, 1.165) is 18.9 Å². The molecule has 0 bridgehead atoms. The van der Waals surface area contributed by atoms with Crippen LogP contribution in [0, 0.1) is 17.8 Å². The van der Waals surface area contributed by atoms with Gasteiger partial charge in [0.25, 0.3) is 0 Å². The van der Waals surface area contributed by atoms with Crippen molar-refractivity contribution >= 4 is 0 Å². The fourth-order valence-corrected chi connectivity index (χ4v) is 4.45. The molecule has 0 aromatic rings. The van der Waals surface area contributed by atoms with E-state index in [4.69, 9.17) is 5.73 Å². The number of fused-ring (bicyclic) bond motifs is 1. The summed E-state index contributed by atoms with van der Waals surface area (Å²) >= 11 is 0. The van der Waals surface area contributed by atoms with E-state index in [1.54, 1.807) is 0 Å². The highest BCUT2D eigenvalue weighted by atomic mass is 16.3. The zero-order chi connectivity index (χ0) is 12.5. The maximum absolute atomic E-state index is 9.97. The van der Waals surface area contributed by atoms with Crippen LogP contribution in [0.5, 0.6) is 0 Å². The minimum Gasteiger partial charge on any atom is -0.393 e. The maximum Gasteiger partial charge on any atom is 0.0583 e. The van der Waals surface area contributed by atoms with Crippen LogP contribution in [0.1, 0.15) is 44.9 Å². The van der Waals surface area contributed by atoms with Gasteiger partial charge in [-0.2, -0.15) is 0 Å². The Morgan fingerprint density at radius 1 is 1.00 bits per heavy atom. The lowest BCUT2D eigenvalue weighted by atomic mass is 9.95. The number of aliphatic hydroxyl groups is 1. The molecular formula is C15H28N2O. The van der Waals surface area contributed by atoms with Crippen LogP contribution in [-0.2, 0) is 0 Å². The van der Waals surface area contributed by atoms with Gasteiger partial charge in [-0.3, -0.25) is 0 Å². The monoisotopic (exact) mass is 252 g/mol. The second-order valence-corrected chi connectivity index (χ2v) is 6.85. The number of likely N-dealkylation sites (tertiary alicyclic amines) is 1. The van der Waals surface area contributed by atoms with Crippen LogP contribution in [0.25, 0.3) is 0 Å². The summed E-state index contributed by atoms with van der Waals surface area (Å²) in [5.74, 6) is 2.03. The lowest BCUT2D eigenvalue weighted by Crippen LogP contribution is -2.38. The Morgan fingerprint density at radius 2 is 1.83 bits per heavy atom. The molecule has 0 radical (unpaired) electrons. The van der Waals surface area contributed by atoms with Crippen LogP contribution >= 0.6 is 0 Å². The Balaban J connectivity index is 1.54. The molecule has 104 valence electrons. The maximum atomic E-state index is 9.97. The van der Waals surface area contributed by atoms with Crippen molar-refractivity contribution in [3.63, 3.8) is 0 Å². The standard InChI is InChI=1S/C15H28N2O/c16-14-5-3-1-2-4-12(14)9-17-8-11-6-7-15(18)13(11)10-17/h11-15,18H,1-10,16H2. The van der Waals surface area contributed by atoms with Gasteiger partial charge in [0.2, 0.25) is 0 Å². The predicted octanol–water partition coefficient (Wildman–Crippen LogP) is 1.60. The average molecular weight is 252 g/mol. The van der Waals surface area contributed by atoms with Crippen molar-refractivity contribution in [2.45, 2.75) is 57.1 Å². The van der Waals surface area contributed by atoms with Gasteiger partial charge in [0.15, 0.2) is 0 Å². The molecule has 0 aromatic carbocycles. The SMILES string of the molecule is NC1CCCCCC1CN1CC2CCC(O)C2C1. The van der Waals surface area contributed by atoms with Crippen molar-refractivity contribution in [1.82, 2.24) is 4.90 Å². The van der Waals surface area contributed by atoms with Crippen molar-refractivity contribution in [2.24, 2.45) is 23.5 Å². The summed E-state index contributed by atoms with van der Waals surface area (Å²) in [6.45, 7) is 3.51. The molecule has 1 aliphatic heterocycles. The van der Waals surface area contributed by atoms with Gasteiger partial charge >= 0.3 is 0 Å². The van der Waals surface area contributed by atoms with E-state index in [-0.39, 0.29) is 6.10 Å². The molecule has 3 nitrogen and oxygen atoms in total. The van der Waals surface area contributed by atoms with E-state index in [0.29, 0.717) is 17.9 Å². The van der Waals surface area contributed by atoms with E-state index in [1.165, 1.54) is 51.6 Å². The molecule has 1 saturated heterocycles. The van der Waals surface area contributed by atoms with Gasteiger partial charge in [-0.25, -0.2) is 0 Å². The molecule has 0 amide bonds. The van der Waals surface area contributed by atoms with Gasteiger partial charge in [-0.05, 0) is 37.5 Å². The first-order valence-electron chi connectivity index (χ1n) is 7.90. The molecule has 1 heterocycles. The zero-order valence-corrected chi connectivity index (χ0v) is 11.4. The molecule has 18 heavy (non-hydrogen) atoms. The number of hydrogen-bond donors (Lipinski definition) is 2. The fraction of sp³-hybridized carbons (Fsp3) is 1.00. The van der Waals surface area contributed by atoms with Gasteiger partial charge in [-0.1, -0.05) is 19.3 Å². The lowest BCUT2D eigenvalue weighted by molar-refractivity contribution is 0.121. The van der Waals surface area contributed by atoms with Gasteiger partial charge in [-0.15, -0.1) is 0 Å². The minimum absolute atomic E-state index is 0.0252. The Morgan fingerprint density at radius 3 is 2.67 bits per heavy atom. The van der Waals surface area contributed by atoms with E-state index < -0.39 is 0 Å². The summed E-state index contributed by atoms with van der Waals surface area (Å²) in [4.78, 5) is 2.59. The van der Waals surface area contributed by atoms with Gasteiger partial charge in [0.05, 0.1) is 6.10 Å². The first kappa shape index (κ1) is 12.9. The lowest BCUT2D eigenvalue weighted by Gasteiger charge is -2.27. The summed E-state index contributed by atoms with van der Waals surface area (Å²) in [5.41, 5.74) is 6.32. The molecule has 3 rings (SSSR count). The van der Waals surface area contributed by atoms with Crippen molar-refractivity contribution in [1.29, 1.82) is 0 Å². The minimum atomic E-state index is -0.0252. The quantitative estimate of drug-likeness (QED) is 0.734. The van der Waals surface area contributed by atoms with E-state index >= 15 is 0 Å². The van der Waals surface area contributed by atoms with Crippen LogP contribution < -0.4 is 5.73 Å². The number of rotatable bonds is 2. The van der Waals surface area contributed by atoms with Crippen molar-refractivity contribution < 1.29 is 5.11 Å². The molecule has 2 saturated carbocycles. The third-order valence-electron chi connectivity index (χ3n) is 5.61. The molecule has 0 aromatic heterocycles. The van der Waals surface area contributed by atoms with E-state index in [1.807, 2.05) is 0 Å². The molecular weight excluding hydrogens is 224 g/mol. The second-order valence-electron chi connectivity index (χ2n) is 6.85. The molecule has 3 aliphatic rings. The number of nitrogens with zero attached hydrogens (tertiary/aromatic N) is 1. The van der Waals surface area contributed by atoms with Gasteiger partial charge in [0.1, 0.15) is 0 Å². The molecule has 0 spiro atoms. The number of aliphatic hydroxyl groups excluding tert-OH is 1. The highest BCUT2D eigenvalue weighted by molar-refractivity contribution is 4.94. The van der Waals surface area contributed by atoms with Crippen molar-refractivity contribution in [3.05, 3.63) is 0 Å². The molecule has 3 heteroatoms. The zero-order valence-electron chi connectivity index (χ0n) is 11.4. The summed E-state index contributed by atoms with van der Waals surface area (Å²) < 4.78 is 0. The van der Waals surface area contributed by atoms with Crippen LogP contribution in [0.15, 0.2) is 0 Å². The smallest absolute Gasteiger partial charge is 0.0583 e. The average Bonchev–Trinajstić information content (AvgIpc) is 2.82.